The van der Waals surface area contributed by atoms with Gasteiger partial charge in [0.05, 0.1) is 17.9 Å². The molecule has 0 radical (unpaired) electrons. The fourth-order valence-corrected chi connectivity index (χ4v) is 4.41. The number of hydrogen-bond acceptors (Lipinski definition) is 4. The van der Waals surface area contributed by atoms with Crippen molar-refractivity contribution >= 4 is 33.2 Å². The average Bonchev–Trinajstić information content (AvgIpc) is 3.17. The summed E-state index contributed by atoms with van der Waals surface area (Å²) in [6.07, 6.45) is 5.57. The van der Waals surface area contributed by atoms with Gasteiger partial charge in [0, 0.05) is 16.7 Å². The molecule has 0 fully saturated rings. The largest absolute Gasteiger partial charge is 0.492 e. The van der Waals surface area contributed by atoms with E-state index < -0.39 is 5.91 Å². The number of carbonyl (C=O) groups is 2. The monoisotopic (exact) mass is 440 g/mol. The third-order valence-corrected chi connectivity index (χ3v) is 5.88. The van der Waals surface area contributed by atoms with Gasteiger partial charge in [-0.3, -0.25) is 9.59 Å². The van der Waals surface area contributed by atoms with Crippen molar-refractivity contribution in [2.45, 2.75) is 13.5 Å². The Balaban J connectivity index is 1.69. The number of terminal acetylenes is 1. The van der Waals surface area contributed by atoms with Crippen molar-refractivity contribution in [3.05, 3.63) is 94.3 Å². The second-order valence-corrected chi connectivity index (χ2v) is 7.91. The molecule has 0 atom stereocenters. The molecule has 4 rings (SSSR count). The number of ether oxygens (including phenoxy) is 1. The fraction of sp³-hybridized carbons (Fsp3) is 0.115. The average molecular weight is 441 g/mol. The fourth-order valence-electron chi connectivity index (χ4n) is 3.36. The first-order valence-corrected chi connectivity index (χ1v) is 10.9. The van der Waals surface area contributed by atoms with Gasteiger partial charge in [0.2, 0.25) is 0 Å². The zero-order chi connectivity index (χ0) is 22.5. The van der Waals surface area contributed by atoms with E-state index >= 15 is 0 Å². The molecule has 0 aliphatic carbocycles. The van der Waals surface area contributed by atoms with Gasteiger partial charge in [0.15, 0.2) is 10.6 Å². The number of aromatic nitrogens is 1. The second kappa shape index (κ2) is 9.46. The zero-order valence-corrected chi connectivity index (χ0v) is 18.3. The normalized spacial score (nSPS) is 11.3. The molecule has 0 spiro atoms. The van der Waals surface area contributed by atoms with Crippen LogP contribution in [0.15, 0.2) is 77.8 Å². The van der Waals surface area contributed by atoms with Gasteiger partial charge in [-0.15, -0.1) is 6.42 Å². The third-order valence-electron chi connectivity index (χ3n) is 4.84. The third kappa shape index (κ3) is 4.25. The van der Waals surface area contributed by atoms with E-state index in [2.05, 4.69) is 10.9 Å². The number of rotatable bonds is 6. The summed E-state index contributed by atoms with van der Waals surface area (Å²) >= 11 is 1.38. The number of hydrogen-bond donors (Lipinski definition) is 0. The van der Waals surface area contributed by atoms with Crippen molar-refractivity contribution in [3.8, 4) is 18.1 Å². The first-order valence-electron chi connectivity index (χ1n) is 10.1. The number of thiazole rings is 1. The molecule has 1 amide bonds. The summed E-state index contributed by atoms with van der Waals surface area (Å²) in [6, 6.07) is 21.3. The van der Waals surface area contributed by atoms with Gasteiger partial charge in [0.1, 0.15) is 11.3 Å². The van der Waals surface area contributed by atoms with Crippen LogP contribution in [0.25, 0.3) is 10.2 Å². The maximum absolute atomic E-state index is 12.9. The molecule has 0 saturated carbocycles. The summed E-state index contributed by atoms with van der Waals surface area (Å²) < 4.78 is 8.49. The molecular weight excluding hydrogens is 420 g/mol. The molecule has 1 aromatic heterocycles. The predicted molar refractivity (Wildman–Crippen MR) is 126 cm³/mol. The number of fused-ring (bicyclic) bond motifs is 1. The Morgan fingerprint density at radius 1 is 0.969 bits per heavy atom. The summed E-state index contributed by atoms with van der Waals surface area (Å²) in [4.78, 5) is 30.3. The van der Waals surface area contributed by atoms with Gasteiger partial charge in [-0.2, -0.15) is 4.99 Å². The molecule has 32 heavy (non-hydrogen) atoms. The molecule has 0 aliphatic heterocycles. The van der Waals surface area contributed by atoms with Crippen LogP contribution in [-0.2, 0) is 6.54 Å². The Bertz CT molecular complexity index is 1390. The Hall–Kier alpha value is -3.95. The lowest BCUT2D eigenvalue weighted by molar-refractivity contribution is 0.0994. The van der Waals surface area contributed by atoms with Crippen molar-refractivity contribution in [1.29, 1.82) is 0 Å². The first-order chi connectivity index (χ1) is 15.6. The number of nitrogens with zero attached hydrogens (tertiary/aromatic N) is 2. The molecule has 3 aromatic carbocycles. The van der Waals surface area contributed by atoms with E-state index in [0.29, 0.717) is 33.8 Å². The van der Waals surface area contributed by atoms with Crippen molar-refractivity contribution in [3.63, 3.8) is 0 Å². The summed E-state index contributed by atoms with van der Waals surface area (Å²) in [5, 5.41) is 0. The standard InChI is InChI=1S/C26H20N2O3S/c1-3-17-28-23-21(31-4-2)11-8-12-22(23)32-26(28)27-25(30)20-15-13-19(14-16-20)24(29)18-9-6-5-7-10-18/h1,5-16H,4,17H2,2H3. The molecule has 158 valence electrons. The molecule has 0 saturated heterocycles. The van der Waals surface area contributed by atoms with Crippen LogP contribution in [0, 0.1) is 12.3 Å². The Morgan fingerprint density at radius 3 is 2.34 bits per heavy atom. The topological polar surface area (TPSA) is 60.7 Å². The maximum atomic E-state index is 12.9. The van der Waals surface area contributed by atoms with Crippen LogP contribution in [0.1, 0.15) is 33.2 Å². The molecule has 4 aromatic rings. The molecule has 0 bridgehead atoms. The van der Waals surface area contributed by atoms with E-state index in [0.717, 1.165) is 10.2 Å². The lowest BCUT2D eigenvalue weighted by Gasteiger charge is -2.07. The molecule has 1 heterocycles. The van der Waals surface area contributed by atoms with Gasteiger partial charge in [-0.05, 0) is 31.2 Å². The van der Waals surface area contributed by atoms with Crippen molar-refractivity contribution in [2.24, 2.45) is 4.99 Å². The number of ketones is 1. The quantitative estimate of drug-likeness (QED) is 0.322. The van der Waals surface area contributed by atoms with Gasteiger partial charge in [0.25, 0.3) is 5.91 Å². The van der Waals surface area contributed by atoms with E-state index in [-0.39, 0.29) is 12.3 Å². The van der Waals surface area contributed by atoms with Crippen LogP contribution in [0.5, 0.6) is 5.75 Å². The summed E-state index contributed by atoms with van der Waals surface area (Å²) in [5.41, 5.74) is 2.33. The van der Waals surface area contributed by atoms with E-state index in [1.165, 1.54) is 11.3 Å². The molecule has 5 nitrogen and oxygen atoms in total. The van der Waals surface area contributed by atoms with Crippen LogP contribution in [-0.4, -0.2) is 22.9 Å². The van der Waals surface area contributed by atoms with Crippen molar-refractivity contribution in [2.75, 3.05) is 6.61 Å². The molecular formula is C26H20N2O3S. The summed E-state index contributed by atoms with van der Waals surface area (Å²) in [5.74, 6) is 2.83. The predicted octanol–water partition coefficient (Wildman–Crippen LogP) is 4.71. The second-order valence-electron chi connectivity index (χ2n) is 6.90. The highest BCUT2D eigenvalue weighted by atomic mass is 32.1. The smallest absolute Gasteiger partial charge is 0.279 e. The van der Waals surface area contributed by atoms with Crippen LogP contribution >= 0.6 is 11.3 Å². The van der Waals surface area contributed by atoms with Gasteiger partial charge in [-0.25, -0.2) is 0 Å². The Kier molecular flexibility index (Phi) is 6.29. The minimum absolute atomic E-state index is 0.0960. The Morgan fingerprint density at radius 2 is 1.66 bits per heavy atom. The first kappa shape index (κ1) is 21.3. The SMILES string of the molecule is C#CCn1c(=NC(=O)c2ccc(C(=O)c3ccccc3)cc2)sc2cccc(OCC)c21. The molecule has 0 unspecified atom stereocenters. The summed E-state index contributed by atoms with van der Waals surface area (Å²) in [7, 11) is 0. The van der Waals surface area contributed by atoms with Gasteiger partial charge < -0.3 is 9.30 Å². The van der Waals surface area contributed by atoms with E-state index in [1.807, 2.05) is 47.9 Å². The number of carbonyl (C=O) groups excluding carboxylic acids is 2. The minimum atomic E-state index is -0.404. The lowest BCUT2D eigenvalue weighted by Crippen LogP contribution is -2.17. The van der Waals surface area contributed by atoms with Crippen LogP contribution in [0.2, 0.25) is 0 Å². The number of para-hydroxylation sites is 1. The van der Waals surface area contributed by atoms with Crippen LogP contribution < -0.4 is 9.54 Å². The zero-order valence-electron chi connectivity index (χ0n) is 17.4. The number of amides is 1. The van der Waals surface area contributed by atoms with Crippen molar-refractivity contribution in [1.82, 2.24) is 4.57 Å². The van der Waals surface area contributed by atoms with E-state index in [9.17, 15) is 9.59 Å². The van der Waals surface area contributed by atoms with Gasteiger partial charge >= 0.3 is 0 Å². The number of benzene rings is 3. The Labute approximate surface area is 189 Å². The molecule has 0 N–H and O–H groups in total. The minimum Gasteiger partial charge on any atom is -0.492 e. The van der Waals surface area contributed by atoms with Crippen LogP contribution in [0.3, 0.4) is 0 Å². The molecule has 6 heteroatoms. The molecule has 0 aliphatic rings. The maximum Gasteiger partial charge on any atom is 0.279 e. The van der Waals surface area contributed by atoms with Crippen molar-refractivity contribution < 1.29 is 14.3 Å². The van der Waals surface area contributed by atoms with Crippen LogP contribution in [0.4, 0.5) is 0 Å². The van der Waals surface area contributed by atoms with Gasteiger partial charge in [-0.1, -0.05) is 65.8 Å². The highest BCUT2D eigenvalue weighted by molar-refractivity contribution is 7.16. The highest BCUT2D eigenvalue weighted by Crippen LogP contribution is 2.27. The highest BCUT2D eigenvalue weighted by Gasteiger charge is 2.14. The lowest BCUT2D eigenvalue weighted by atomic mass is 10.0. The summed E-state index contributed by atoms with van der Waals surface area (Å²) in [6.45, 7) is 2.70. The van der Waals surface area contributed by atoms with E-state index in [4.69, 9.17) is 11.2 Å². The van der Waals surface area contributed by atoms with E-state index in [1.54, 1.807) is 36.4 Å².